The molecule has 61 heavy (non-hydrogen) atoms. The van der Waals surface area contributed by atoms with Crippen molar-refractivity contribution in [2.75, 3.05) is 13.2 Å². The van der Waals surface area contributed by atoms with E-state index in [4.69, 9.17) is 9.47 Å². The summed E-state index contributed by atoms with van der Waals surface area (Å²) in [5.41, 5.74) is 16.0. The third-order valence-corrected chi connectivity index (χ3v) is 12.9. The number of aromatic nitrogens is 1. The molecule has 2 atom stereocenters. The maximum atomic E-state index is 9.63. The second-order valence-electron chi connectivity index (χ2n) is 17.4. The summed E-state index contributed by atoms with van der Waals surface area (Å²) in [7, 11) is 0. The summed E-state index contributed by atoms with van der Waals surface area (Å²) in [4.78, 5) is 0. The van der Waals surface area contributed by atoms with Crippen LogP contribution in [0.1, 0.15) is 107 Å². The molecule has 7 rings (SSSR count). The van der Waals surface area contributed by atoms with E-state index in [1.165, 1.54) is 105 Å². The molecule has 0 aliphatic rings. The Morgan fingerprint density at radius 3 is 1.28 bits per heavy atom. The molecule has 0 saturated heterocycles. The molecule has 7 aromatic rings. The molecule has 0 bridgehead atoms. The zero-order valence-electron chi connectivity index (χ0n) is 37.8. The van der Waals surface area contributed by atoms with Gasteiger partial charge >= 0.3 is 0 Å². The van der Waals surface area contributed by atoms with Crippen molar-refractivity contribution in [3.8, 4) is 56.6 Å². The van der Waals surface area contributed by atoms with Crippen LogP contribution >= 0.6 is 0 Å². The third kappa shape index (κ3) is 9.58. The summed E-state index contributed by atoms with van der Waals surface area (Å²) in [6.45, 7) is 19.3. The van der Waals surface area contributed by atoms with Gasteiger partial charge in [0, 0.05) is 16.5 Å². The molecule has 4 heteroatoms. The van der Waals surface area contributed by atoms with Crippen LogP contribution in [0.2, 0.25) is 0 Å². The molecule has 6 aromatic carbocycles. The molecule has 0 radical (unpaired) electrons. The van der Waals surface area contributed by atoms with Crippen molar-refractivity contribution in [1.29, 1.82) is 5.26 Å². The lowest BCUT2D eigenvalue weighted by molar-refractivity contribution is 0.233. The van der Waals surface area contributed by atoms with Crippen LogP contribution in [0.25, 0.3) is 60.9 Å². The molecule has 1 aromatic heterocycles. The predicted molar refractivity (Wildman–Crippen MR) is 258 cm³/mol. The predicted octanol–water partition coefficient (Wildman–Crippen LogP) is 16.1. The van der Waals surface area contributed by atoms with Gasteiger partial charge in [-0.25, -0.2) is 0 Å². The minimum absolute atomic E-state index is 0.595. The second kappa shape index (κ2) is 19.7. The minimum Gasteiger partial charge on any atom is -0.493 e. The first kappa shape index (κ1) is 43.3. The number of ether oxygens (including phenoxy) is 2. The number of hydrogen-bond donors (Lipinski definition) is 0. The lowest BCUT2D eigenvalue weighted by Crippen LogP contribution is -2.11. The number of aryl methyl sites for hydroxylation is 4. The van der Waals surface area contributed by atoms with Gasteiger partial charge in [0.1, 0.15) is 11.5 Å². The highest BCUT2D eigenvalue weighted by atomic mass is 16.5. The van der Waals surface area contributed by atoms with Crippen LogP contribution in [0.4, 0.5) is 0 Å². The number of fused-ring (bicyclic) bond motifs is 3. The maximum absolute atomic E-state index is 9.63. The molecule has 2 unspecified atom stereocenters. The Kier molecular flexibility index (Phi) is 14.0. The topological polar surface area (TPSA) is 47.2 Å². The molecule has 0 N–H and O–H groups in total. The van der Waals surface area contributed by atoms with Crippen molar-refractivity contribution in [2.45, 2.75) is 107 Å². The quantitative estimate of drug-likeness (QED) is 0.0867. The number of nitrogens with zero attached hydrogens (tertiary/aromatic N) is 2. The van der Waals surface area contributed by atoms with Gasteiger partial charge in [-0.3, -0.25) is 0 Å². The maximum Gasteiger partial charge on any atom is 0.119 e. The molecule has 4 nitrogen and oxygen atoms in total. The number of hydrogen-bond acceptors (Lipinski definition) is 3. The summed E-state index contributed by atoms with van der Waals surface area (Å²) in [5.74, 6) is 3.05. The zero-order valence-corrected chi connectivity index (χ0v) is 37.8. The first-order valence-corrected chi connectivity index (χ1v) is 22.8. The van der Waals surface area contributed by atoms with Gasteiger partial charge in [0.15, 0.2) is 0 Å². The van der Waals surface area contributed by atoms with Crippen LogP contribution in [0.5, 0.6) is 11.5 Å². The summed E-state index contributed by atoms with van der Waals surface area (Å²) in [6, 6.07) is 42.1. The Bertz CT molecular complexity index is 2470. The molecule has 0 saturated carbocycles. The highest BCUT2D eigenvalue weighted by Crippen LogP contribution is 2.40. The van der Waals surface area contributed by atoms with Gasteiger partial charge in [0.2, 0.25) is 0 Å². The van der Waals surface area contributed by atoms with Gasteiger partial charge in [-0.1, -0.05) is 103 Å². The lowest BCUT2D eigenvalue weighted by atomic mass is 9.88. The van der Waals surface area contributed by atoms with Crippen LogP contribution in [0.3, 0.4) is 0 Å². The van der Waals surface area contributed by atoms with E-state index >= 15 is 0 Å². The summed E-state index contributed by atoms with van der Waals surface area (Å²) in [6.07, 6.45) is 9.69. The minimum atomic E-state index is 0.595. The first-order chi connectivity index (χ1) is 29.7. The summed E-state index contributed by atoms with van der Waals surface area (Å²) in [5, 5.41) is 12.1. The molecular weight excluding hydrogens is 745 g/mol. The molecule has 0 aliphatic heterocycles. The molecule has 0 fully saturated rings. The van der Waals surface area contributed by atoms with E-state index in [9.17, 15) is 5.26 Å². The Morgan fingerprint density at radius 1 is 0.508 bits per heavy atom. The fraction of sp³-hybridized carbons (Fsp3) is 0.351. The Balaban J connectivity index is 1.28. The monoisotopic (exact) mass is 808 g/mol. The fourth-order valence-electron chi connectivity index (χ4n) is 9.26. The highest BCUT2D eigenvalue weighted by Gasteiger charge is 2.19. The van der Waals surface area contributed by atoms with Gasteiger partial charge in [-0.05, 0) is 181 Å². The van der Waals surface area contributed by atoms with E-state index in [-0.39, 0.29) is 0 Å². The van der Waals surface area contributed by atoms with Crippen molar-refractivity contribution in [1.82, 2.24) is 4.57 Å². The van der Waals surface area contributed by atoms with Crippen LogP contribution in [0, 0.1) is 50.9 Å². The van der Waals surface area contributed by atoms with Crippen molar-refractivity contribution in [2.24, 2.45) is 11.8 Å². The first-order valence-electron chi connectivity index (χ1n) is 22.8. The van der Waals surface area contributed by atoms with E-state index in [1.54, 1.807) is 0 Å². The molecule has 314 valence electrons. The molecule has 0 amide bonds. The highest BCUT2D eigenvalue weighted by molar-refractivity contribution is 6.11. The average Bonchev–Trinajstić information content (AvgIpc) is 3.60. The summed E-state index contributed by atoms with van der Waals surface area (Å²) < 4.78 is 15.0. The Hall–Kier alpha value is -5.79. The van der Waals surface area contributed by atoms with Gasteiger partial charge in [-0.15, -0.1) is 0 Å². The van der Waals surface area contributed by atoms with E-state index in [2.05, 4.69) is 163 Å². The SMILES string of the molecule is CCCCC(CC)COc1ccc(-c2ccc3c(c2)c2cc(-c4ccc(OCC(CC)CCCC)cc4)ccc2n3-c2cc(C)c(-c3c(C)cc(C#N)cc3C)c(C)c2)cc1. The van der Waals surface area contributed by atoms with E-state index < -0.39 is 0 Å². The van der Waals surface area contributed by atoms with Gasteiger partial charge in [0.05, 0.1) is 35.9 Å². The van der Waals surface area contributed by atoms with Crippen molar-refractivity contribution in [3.63, 3.8) is 0 Å². The van der Waals surface area contributed by atoms with E-state index in [1.807, 2.05) is 12.1 Å². The molecule has 1 heterocycles. The van der Waals surface area contributed by atoms with Crippen LogP contribution < -0.4 is 9.47 Å². The van der Waals surface area contributed by atoms with Gasteiger partial charge in [-0.2, -0.15) is 5.26 Å². The van der Waals surface area contributed by atoms with Crippen molar-refractivity contribution < 1.29 is 9.47 Å². The van der Waals surface area contributed by atoms with Crippen LogP contribution in [-0.2, 0) is 0 Å². The largest absolute Gasteiger partial charge is 0.493 e. The summed E-state index contributed by atoms with van der Waals surface area (Å²) >= 11 is 0. The number of rotatable bonds is 18. The number of unbranched alkanes of at least 4 members (excludes halogenated alkanes) is 2. The van der Waals surface area contributed by atoms with Crippen LogP contribution in [-0.4, -0.2) is 17.8 Å². The standard InChI is InChI=1S/C57H64N2O2/c1-9-13-15-42(11-3)36-60-50-23-17-45(18-24-50)47-21-27-54-52(33-47)53-34-48(46-19-25-51(26-20-46)61-37-43(12-4)16-14-10-2)22-28-55(53)59(54)49-31-40(7)57(41(8)32-49)56-38(5)29-44(35-58)30-39(56)6/h17-34,42-43H,9-16,36-37H2,1-8H3. The number of benzene rings is 6. The molecular formula is C57H64N2O2. The van der Waals surface area contributed by atoms with Crippen LogP contribution in [0.15, 0.2) is 109 Å². The molecule has 0 spiro atoms. The van der Waals surface area contributed by atoms with E-state index in [0.29, 0.717) is 17.4 Å². The Labute approximate surface area is 365 Å². The number of nitriles is 1. The normalized spacial score (nSPS) is 12.4. The second-order valence-corrected chi connectivity index (χ2v) is 17.4. The molecule has 0 aliphatic carbocycles. The Morgan fingerprint density at radius 2 is 0.902 bits per heavy atom. The van der Waals surface area contributed by atoms with Crippen molar-refractivity contribution in [3.05, 3.63) is 137 Å². The zero-order chi connectivity index (χ0) is 43.0. The van der Waals surface area contributed by atoms with E-state index in [0.717, 1.165) is 54.4 Å². The van der Waals surface area contributed by atoms with Gasteiger partial charge < -0.3 is 14.0 Å². The third-order valence-electron chi connectivity index (χ3n) is 12.9. The average molecular weight is 809 g/mol. The van der Waals surface area contributed by atoms with Crippen molar-refractivity contribution >= 4 is 21.8 Å². The fourth-order valence-corrected chi connectivity index (χ4v) is 9.26. The smallest absolute Gasteiger partial charge is 0.119 e. The lowest BCUT2D eigenvalue weighted by Gasteiger charge is -2.19. The van der Waals surface area contributed by atoms with Gasteiger partial charge in [0.25, 0.3) is 0 Å².